The van der Waals surface area contributed by atoms with Gasteiger partial charge in [0.25, 0.3) is 0 Å². The Kier molecular flexibility index (Phi) is 9.35. The molecule has 2 heterocycles. The van der Waals surface area contributed by atoms with Crippen LogP contribution in [0.1, 0.15) is 55.7 Å². The van der Waals surface area contributed by atoms with E-state index in [1.165, 1.54) is 76.9 Å². The molecule has 1 unspecified atom stereocenters. The minimum atomic E-state index is -0.136. The number of anilines is 1. The fourth-order valence-electron chi connectivity index (χ4n) is 10.4. The lowest BCUT2D eigenvalue weighted by Gasteiger charge is -2.34. The van der Waals surface area contributed by atoms with Crippen LogP contribution >= 0.6 is 11.3 Å². The molecule has 0 spiro atoms. The van der Waals surface area contributed by atoms with E-state index in [4.69, 9.17) is 4.42 Å². The van der Waals surface area contributed by atoms with Gasteiger partial charge in [0, 0.05) is 54.5 Å². The topological polar surface area (TPSA) is 16.4 Å². The van der Waals surface area contributed by atoms with Gasteiger partial charge < -0.3 is 9.32 Å². The number of para-hydroxylation sites is 2. The highest BCUT2D eigenvalue weighted by Gasteiger charge is 2.39. The summed E-state index contributed by atoms with van der Waals surface area (Å²) in [6.45, 7) is 4.85. The zero-order valence-electron chi connectivity index (χ0n) is 36.1. The number of thiophene rings is 1. The number of fused-ring (bicyclic) bond motifs is 5. The van der Waals surface area contributed by atoms with Crippen LogP contribution in [-0.4, -0.2) is 0 Å². The van der Waals surface area contributed by atoms with Crippen molar-refractivity contribution in [2.45, 2.75) is 44.4 Å². The average Bonchev–Trinajstić information content (AvgIpc) is 4.06. The first kappa shape index (κ1) is 38.5. The predicted molar refractivity (Wildman–Crippen MR) is 271 cm³/mol. The predicted octanol–water partition coefficient (Wildman–Crippen LogP) is 17.2. The Hall–Kier alpha value is -7.20. The summed E-state index contributed by atoms with van der Waals surface area (Å²) in [7, 11) is 0. The first-order valence-corrected chi connectivity index (χ1v) is 23.4. The molecule has 0 saturated carbocycles. The van der Waals surface area contributed by atoms with Gasteiger partial charge >= 0.3 is 0 Å². The van der Waals surface area contributed by atoms with Crippen LogP contribution < -0.4 is 4.90 Å². The van der Waals surface area contributed by atoms with Crippen molar-refractivity contribution in [1.82, 2.24) is 0 Å². The van der Waals surface area contributed by atoms with Crippen molar-refractivity contribution in [3.8, 4) is 43.1 Å². The highest BCUT2D eigenvalue weighted by molar-refractivity contribution is 7.18. The summed E-state index contributed by atoms with van der Waals surface area (Å²) >= 11 is 1.87. The van der Waals surface area contributed by atoms with E-state index in [0.29, 0.717) is 5.92 Å². The quantitative estimate of drug-likeness (QED) is 0.152. The van der Waals surface area contributed by atoms with E-state index in [0.717, 1.165) is 52.3 Å². The third-order valence-electron chi connectivity index (χ3n) is 13.8. The number of hydrogen-bond acceptors (Lipinski definition) is 3. The van der Waals surface area contributed by atoms with Gasteiger partial charge in [0.15, 0.2) is 0 Å². The summed E-state index contributed by atoms with van der Waals surface area (Å²) in [4.78, 5) is 5.09. The van der Waals surface area contributed by atoms with Crippen LogP contribution in [0.25, 0.3) is 70.6 Å². The first-order chi connectivity index (χ1) is 31.5. The molecule has 0 fully saturated rings. The van der Waals surface area contributed by atoms with Crippen molar-refractivity contribution >= 4 is 44.5 Å². The molecule has 0 aliphatic heterocycles. The zero-order chi connectivity index (χ0) is 42.8. The molecular formula is C61H47NOS. The molecule has 2 aromatic heterocycles. The van der Waals surface area contributed by atoms with Gasteiger partial charge in [-0.05, 0) is 123 Å². The van der Waals surface area contributed by atoms with E-state index in [1.54, 1.807) is 0 Å². The number of benzene rings is 7. The third-order valence-corrected chi connectivity index (χ3v) is 15.0. The lowest BCUT2D eigenvalue weighted by molar-refractivity contribution is 0.648. The van der Waals surface area contributed by atoms with Gasteiger partial charge in [-0.3, -0.25) is 0 Å². The van der Waals surface area contributed by atoms with Gasteiger partial charge in [0.05, 0.1) is 0 Å². The van der Waals surface area contributed by atoms with Crippen LogP contribution in [0.2, 0.25) is 0 Å². The maximum absolute atomic E-state index is 6.36. The zero-order valence-corrected chi connectivity index (χ0v) is 36.9. The van der Waals surface area contributed by atoms with E-state index in [2.05, 4.69) is 213 Å². The number of rotatable bonds is 8. The smallest absolute Gasteiger partial charge is 0.143 e. The normalized spacial score (nSPS) is 16.4. The van der Waals surface area contributed by atoms with Crippen molar-refractivity contribution in [2.75, 3.05) is 4.90 Å². The SMILES string of the molecule is CC1(C)C2=C(CCC(N(C3=CCC(c4ccccc4)C=C3)c3ccc(-c4ccccc4)cc3)=C2)c2ccc(-c3ccc(-c4ccc(-c5cccc6c5oc5ccccc56)cc4)s3)cc21. The highest BCUT2D eigenvalue weighted by Crippen LogP contribution is 2.53. The number of allylic oxidation sites excluding steroid dienone is 7. The lowest BCUT2D eigenvalue weighted by atomic mass is 9.79. The van der Waals surface area contributed by atoms with Crippen molar-refractivity contribution in [2.24, 2.45) is 0 Å². The van der Waals surface area contributed by atoms with Gasteiger partial charge in [-0.1, -0.05) is 172 Å². The number of nitrogens with zero attached hydrogens (tertiary/aromatic N) is 1. The van der Waals surface area contributed by atoms with E-state index in [-0.39, 0.29) is 5.41 Å². The standard InChI is InChI=1S/C61H47NOS/c1-61(2)55-38-46(59-37-36-58(64-59)45-22-20-44(21-23-45)50-17-11-18-54-53-16-9-10-19-57(53)63-60(50)54)28-34-51(55)52-35-33-49(39-56(52)61)62(47-29-24-42(25-30-47)40-12-5-3-6-13-40)48-31-26-43(27-32-48)41-14-7-4-8-15-41/h3-26,28-32,34,36-39,43H,27,33,35H2,1-2H3. The molecule has 0 amide bonds. The van der Waals surface area contributed by atoms with Crippen LogP contribution in [0.5, 0.6) is 0 Å². The lowest BCUT2D eigenvalue weighted by Crippen LogP contribution is -2.25. The molecule has 1 atom stereocenters. The Balaban J connectivity index is 0.832. The molecule has 12 rings (SSSR count). The third kappa shape index (κ3) is 6.62. The van der Waals surface area contributed by atoms with E-state index in [1.807, 2.05) is 23.5 Å². The molecule has 0 radical (unpaired) electrons. The van der Waals surface area contributed by atoms with Crippen molar-refractivity contribution < 1.29 is 4.42 Å². The van der Waals surface area contributed by atoms with Crippen molar-refractivity contribution in [3.05, 3.63) is 240 Å². The second-order valence-electron chi connectivity index (χ2n) is 17.9. The maximum atomic E-state index is 6.36. The molecular weight excluding hydrogens is 795 g/mol. The second-order valence-corrected chi connectivity index (χ2v) is 19.0. The van der Waals surface area contributed by atoms with Gasteiger partial charge in [-0.15, -0.1) is 11.3 Å². The molecule has 64 heavy (non-hydrogen) atoms. The van der Waals surface area contributed by atoms with Crippen molar-refractivity contribution in [3.63, 3.8) is 0 Å². The maximum Gasteiger partial charge on any atom is 0.143 e. The van der Waals surface area contributed by atoms with Crippen LogP contribution in [0, 0.1) is 0 Å². The van der Waals surface area contributed by atoms with Gasteiger partial charge in [0.2, 0.25) is 0 Å². The average molecular weight is 842 g/mol. The minimum absolute atomic E-state index is 0.136. The fraction of sp³-hybridized carbons (Fsp3) is 0.115. The Bertz CT molecular complexity index is 3360. The molecule has 3 aliphatic rings. The molecule has 3 aliphatic carbocycles. The molecule has 308 valence electrons. The van der Waals surface area contributed by atoms with E-state index < -0.39 is 0 Å². The summed E-state index contributed by atoms with van der Waals surface area (Å²) in [6, 6.07) is 66.2. The van der Waals surface area contributed by atoms with Crippen molar-refractivity contribution in [1.29, 1.82) is 0 Å². The molecule has 0 bridgehead atoms. The minimum Gasteiger partial charge on any atom is -0.455 e. The summed E-state index contributed by atoms with van der Waals surface area (Å²) in [5.41, 5.74) is 19.9. The molecule has 7 aromatic carbocycles. The number of hydrogen-bond donors (Lipinski definition) is 0. The van der Waals surface area contributed by atoms with Crippen LogP contribution in [0.15, 0.2) is 228 Å². The summed E-state index contributed by atoms with van der Waals surface area (Å²) in [5, 5.41) is 2.31. The molecule has 3 heteroatoms. The van der Waals surface area contributed by atoms with Crippen LogP contribution in [0.4, 0.5) is 5.69 Å². The summed E-state index contributed by atoms with van der Waals surface area (Å²) in [5.74, 6) is 0.384. The van der Waals surface area contributed by atoms with Crippen LogP contribution in [-0.2, 0) is 5.41 Å². The Morgan fingerprint density at radius 1 is 0.578 bits per heavy atom. The van der Waals surface area contributed by atoms with Gasteiger partial charge in [0.1, 0.15) is 11.2 Å². The largest absolute Gasteiger partial charge is 0.455 e. The fourth-order valence-corrected chi connectivity index (χ4v) is 11.4. The van der Waals surface area contributed by atoms with E-state index in [9.17, 15) is 0 Å². The monoisotopic (exact) mass is 841 g/mol. The Labute approximate surface area is 379 Å². The van der Waals surface area contributed by atoms with E-state index >= 15 is 0 Å². The van der Waals surface area contributed by atoms with Gasteiger partial charge in [-0.25, -0.2) is 0 Å². The summed E-state index contributed by atoms with van der Waals surface area (Å²) < 4.78 is 6.36. The number of furan rings is 1. The Morgan fingerprint density at radius 2 is 1.25 bits per heavy atom. The molecule has 0 N–H and O–H groups in total. The molecule has 9 aromatic rings. The highest BCUT2D eigenvalue weighted by atomic mass is 32.1. The Morgan fingerprint density at radius 3 is 2.03 bits per heavy atom. The molecule has 2 nitrogen and oxygen atoms in total. The summed E-state index contributed by atoms with van der Waals surface area (Å²) in [6.07, 6.45) is 12.7. The first-order valence-electron chi connectivity index (χ1n) is 22.6. The molecule has 0 saturated heterocycles. The second kappa shape index (κ2) is 15.6. The van der Waals surface area contributed by atoms with Gasteiger partial charge in [-0.2, -0.15) is 0 Å². The van der Waals surface area contributed by atoms with Crippen LogP contribution in [0.3, 0.4) is 0 Å².